The van der Waals surface area contributed by atoms with Gasteiger partial charge in [-0.15, -0.1) is 0 Å². The van der Waals surface area contributed by atoms with Gasteiger partial charge in [0.2, 0.25) is 0 Å². The van der Waals surface area contributed by atoms with Gasteiger partial charge in [0.05, 0.1) is 16.6 Å². The van der Waals surface area contributed by atoms with Gasteiger partial charge < -0.3 is 4.98 Å². The predicted octanol–water partition coefficient (Wildman–Crippen LogP) is 3.63. The summed E-state index contributed by atoms with van der Waals surface area (Å²) in [5.74, 6) is 1.05. The van der Waals surface area contributed by atoms with Crippen molar-refractivity contribution >= 4 is 22.8 Å². The van der Waals surface area contributed by atoms with Crippen LogP contribution in [-0.4, -0.2) is 20.6 Å². The van der Waals surface area contributed by atoms with E-state index in [0.717, 1.165) is 24.7 Å². The average molecular weight is 316 g/mol. The van der Waals surface area contributed by atoms with Crippen molar-refractivity contribution in [1.29, 1.82) is 0 Å². The van der Waals surface area contributed by atoms with Crippen molar-refractivity contribution in [3.05, 3.63) is 34.2 Å². The number of H-pyrrole nitrogens is 1. The van der Waals surface area contributed by atoms with E-state index in [4.69, 9.17) is 0 Å². The number of aromatic nitrogens is 2. The molecule has 0 spiro atoms. The van der Waals surface area contributed by atoms with E-state index in [0.29, 0.717) is 17.3 Å². The van der Waals surface area contributed by atoms with Crippen molar-refractivity contribution in [2.45, 2.75) is 37.2 Å². The van der Waals surface area contributed by atoms with Crippen LogP contribution in [0.3, 0.4) is 0 Å². The number of alkyl halides is 3. The molecule has 1 aromatic carbocycles. The van der Waals surface area contributed by atoms with Gasteiger partial charge in [-0.2, -0.15) is 24.9 Å². The highest BCUT2D eigenvalue weighted by Gasteiger charge is 2.34. The van der Waals surface area contributed by atoms with E-state index in [1.165, 1.54) is 17.1 Å². The van der Waals surface area contributed by atoms with Gasteiger partial charge in [-0.3, -0.25) is 4.57 Å². The molecule has 0 bridgehead atoms. The molecule has 1 aromatic heterocycles. The van der Waals surface area contributed by atoms with Gasteiger partial charge in [-0.25, -0.2) is 4.79 Å². The summed E-state index contributed by atoms with van der Waals surface area (Å²) in [6.45, 7) is 0.463. The fourth-order valence-electron chi connectivity index (χ4n) is 2.75. The minimum absolute atomic E-state index is 0.115. The molecule has 114 valence electrons. The summed E-state index contributed by atoms with van der Waals surface area (Å²) >= 11 is 1.79. The van der Waals surface area contributed by atoms with Gasteiger partial charge in [-0.1, -0.05) is 12.5 Å². The van der Waals surface area contributed by atoms with Crippen molar-refractivity contribution < 1.29 is 13.2 Å². The molecule has 0 saturated carbocycles. The molecule has 0 aliphatic carbocycles. The van der Waals surface area contributed by atoms with Crippen molar-refractivity contribution in [3.63, 3.8) is 0 Å². The summed E-state index contributed by atoms with van der Waals surface area (Å²) in [7, 11) is 0. The standard InChI is InChI=1S/C14H15F3N2OS/c15-14(16,17)10-5-3-6-11-12(10)18-13(20)19(11)8-9-4-1-2-7-21-9/h3,5-6,9H,1-2,4,7-8H2,(H,18,20). The van der Waals surface area contributed by atoms with Gasteiger partial charge in [-0.05, 0) is 30.7 Å². The maximum absolute atomic E-state index is 13.0. The third-order valence-electron chi connectivity index (χ3n) is 3.78. The van der Waals surface area contributed by atoms with E-state index < -0.39 is 17.4 Å². The molecular formula is C14H15F3N2OS. The van der Waals surface area contributed by atoms with Crippen LogP contribution in [0.15, 0.2) is 23.0 Å². The Bertz CT molecular complexity index is 698. The molecule has 7 heteroatoms. The zero-order chi connectivity index (χ0) is 15.0. The van der Waals surface area contributed by atoms with Crippen LogP contribution in [0, 0.1) is 0 Å². The molecule has 3 rings (SSSR count). The second-order valence-corrected chi connectivity index (χ2v) is 6.64. The Labute approximate surface area is 123 Å². The monoisotopic (exact) mass is 316 g/mol. The maximum atomic E-state index is 13.0. The van der Waals surface area contributed by atoms with Gasteiger partial charge in [0, 0.05) is 11.8 Å². The zero-order valence-corrected chi connectivity index (χ0v) is 12.1. The van der Waals surface area contributed by atoms with Crippen LogP contribution in [0.5, 0.6) is 0 Å². The highest BCUT2D eigenvalue weighted by atomic mass is 32.2. The third-order valence-corrected chi connectivity index (χ3v) is 5.16. The van der Waals surface area contributed by atoms with Gasteiger partial charge in [0.15, 0.2) is 0 Å². The Morgan fingerprint density at radius 3 is 2.81 bits per heavy atom. The van der Waals surface area contributed by atoms with E-state index in [9.17, 15) is 18.0 Å². The molecule has 1 aliphatic heterocycles. The van der Waals surface area contributed by atoms with Crippen LogP contribution in [0.1, 0.15) is 24.8 Å². The fraction of sp³-hybridized carbons (Fsp3) is 0.500. The van der Waals surface area contributed by atoms with Crippen molar-refractivity contribution in [1.82, 2.24) is 9.55 Å². The van der Waals surface area contributed by atoms with Crippen LogP contribution < -0.4 is 5.69 Å². The van der Waals surface area contributed by atoms with E-state index in [2.05, 4.69) is 4.98 Å². The average Bonchev–Trinajstić information content (AvgIpc) is 2.75. The first kappa shape index (κ1) is 14.6. The molecule has 3 nitrogen and oxygen atoms in total. The first-order chi connectivity index (χ1) is 9.97. The van der Waals surface area contributed by atoms with Gasteiger partial charge >= 0.3 is 11.9 Å². The van der Waals surface area contributed by atoms with Crippen LogP contribution in [0.25, 0.3) is 11.0 Å². The molecule has 0 amide bonds. The first-order valence-electron chi connectivity index (χ1n) is 6.87. The van der Waals surface area contributed by atoms with Crippen molar-refractivity contribution in [2.24, 2.45) is 0 Å². The number of thioether (sulfide) groups is 1. The van der Waals surface area contributed by atoms with E-state index in [1.54, 1.807) is 17.8 Å². The number of hydrogen-bond donors (Lipinski definition) is 1. The van der Waals surface area contributed by atoms with E-state index in [1.807, 2.05) is 0 Å². The summed E-state index contributed by atoms with van der Waals surface area (Å²) in [4.78, 5) is 14.4. The minimum Gasteiger partial charge on any atom is -0.305 e. The number of fused-ring (bicyclic) bond motifs is 1. The normalized spacial score (nSPS) is 20.0. The van der Waals surface area contributed by atoms with E-state index >= 15 is 0 Å². The summed E-state index contributed by atoms with van der Waals surface area (Å²) in [6, 6.07) is 3.91. The number of hydrogen-bond acceptors (Lipinski definition) is 2. The number of nitrogens with zero attached hydrogens (tertiary/aromatic N) is 1. The summed E-state index contributed by atoms with van der Waals surface area (Å²) in [5, 5.41) is 0.296. The molecular weight excluding hydrogens is 301 g/mol. The summed E-state index contributed by atoms with van der Waals surface area (Å²) < 4.78 is 40.4. The highest BCUT2D eigenvalue weighted by molar-refractivity contribution is 7.99. The van der Waals surface area contributed by atoms with Crippen LogP contribution >= 0.6 is 11.8 Å². The molecule has 0 radical (unpaired) electrons. The number of aromatic amines is 1. The molecule has 1 saturated heterocycles. The predicted molar refractivity (Wildman–Crippen MR) is 77.7 cm³/mol. The minimum atomic E-state index is -4.46. The van der Waals surface area contributed by atoms with E-state index in [-0.39, 0.29) is 5.52 Å². The van der Waals surface area contributed by atoms with Crippen LogP contribution in [0.2, 0.25) is 0 Å². The Kier molecular flexibility index (Phi) is 3.77. The SMILES string of the molecule is O=c1[nH]c2c(C(F)(F)F)cccc2n1CC1CCCCS1. The fourth-order valence-corrected chi connectivity index (χ4v) is 4.04. The molecule has 1 unspecified atom stereocenters. The van der Waals surface area contributed by atoms with Gasteiger partial charge in [0.25, 0.3) is 0 Å². The number of rotatable bonds is 2. The highest BCUT2D eigenvalue weighted by Crippen LogP contribution is 2.34. The first-order valence-corrected chi connectivity index (χ1v) is 7.92. The Balaban J connectivity index is 2.03. The molecule has 2 aromatic rings. The smallest absolute Gasteiger partial charge is 0.305 e. The largest absolute Gasteiger partial charge is 0.418 e. The molecule has 2 heterocycles. The second-order valence-electron chi connectivity index (χ2n) is 5.23. The molecule has 21 heavy (non-hydrogen) atoms. The number of para-hydroxylation sites is 1. The summed E-state index contributed by atoms with van der Waals surface area (Å²) in [5.41, 5.74) is -1.03. The Hall–Kier alpha value is -1.37. The van der Waals surface area contributed by atoms with Crippen LogP contribution in [0.4, 0.5) is 13.2 Å². The quantitative estimate of drug-likeness (QED) is 0.918. The molecule has 1 N–H and O–H groups in total. The van der Waals surface area contributed by atoms with Gasteiger partial charge in [0.1, 0.15) is 0 Å². The number of halogens is 3. The lowest BCUT2D eigenvalue weighted by atomic mass is 10.1. The summed E-state index contributed by atoms with van der Waals surface area (Å²) in [6.07, 6.45) is -1.18. The Morgan fingerprint density at radius 2 is 2.14 bits per heavy atom. The van der Waals surface area contributed by atoms with Crippen molar-refractivity contribution in [2.75, 3.05) is 5.75 Å². The molecule has 1 aliphatic rings. The molecule has 1 fully saturated rings. The third kappa shape index (κ3) is 2.84. The van der Waals surface area contributed by atoms with Crippen LogP contribution in [-0.2, 0) is 12.7 Å². The lowest BCUT2D eigenvalue weighted by molar-refractivity contribution is -0.136. The van der Waals surface area contributed by atoms with Crippen molar-refractivity contribution in [3.8, 4) is 0 Å². The number of benzene rings is 1. The lowest BCUT2D eigenvalue weighted by Gasteiger charge is -2.21. The maximum Gasteiger partial charge on any atom is 0.418 e. The Morgan fingerprint density at radius 1 is 1.33 bits per heavy atom. The number of imidazole rings is 1. The zero-order valence-electron chi connectivity index (χ0n) is 11.2. The number of nitrogens with one attached hydrogen (secondary N) is 1. The second kappa shape index (κ2) is 5.44. The topological polar surface area (TPSA) is 37.8 Å². The lowest BCUT2D eigenvalue weighted by Crippen LogP contribution is -2.24. The molecule has 1 atom stereocenters.